The van der Waals surface area contributed by atoms with Crippen LogP contribution in [0.15, 0.2) is 0 Å². The lowest BCUT2D eigenvalue weighted by atomic mass is 10.00. The molecule has 0 fully saturated rings. The highest BCUT2D eigenvalue weighted by Gasteiger charge is 2.26. The van der Waals surface area contributed by atoms with Gasteiger partial charge in [0.1, 0.15) is 5.69 Å². The molecule has 0 aromatic carbocycles. The SMILES string of the molecule is Cc1nn(C)c(C(=O)NC(C)(C)CC(N)=O)c1N. The lowest BCUT2D eigenvalue weighted by Crippen LogP contribution is -2.46. The average Bonchev–Trinajstić information content (AvgIpc) is 2.37. The van der Waals surface area contributed by atoms with Crippen LogP contribution in [0.1, 0.15) is 36.5 Å². The van der Waals surface area contributed by atoms with Crippen LogP contribution in [-0.2, 0) is 11.8 Å². The molecule has 0 aliphatic rings. The third-order valence-electron chi connectivity index (χ3n) is 2.55. The molecule has 1 heterocycles. The summed E-state index contributed by atoms with van der Waals surface area (Å²) in [5, 5.41) is 6.78. The molecule has 0 unspecified atom stereocenters. The Hall–Kier alpha value is -2.05. The van der Waals surface area contributed by atoms with E-state index < -0.39 is 11.4 Å². The number of aryl methyl sites for hydroxylation is 2. The van der Waals surface area contributed by atoms with E-state index in [4.69, 9.17) is 11.5 Å². The van der Waals surface area contributed by atoms with E-state index in [1.165, 1.54) is 4.68 Å². The maximum absolute atomic E-state index is 12.1. The molecule has 2 amide bonds. The summed E-state index contributed by atoms with van der Waals surface area (Å²) in [6, 6.07) is 0. The van der Waals surface area contributed by atoms with Crippen LogP contribution in [0.2, 0.25) is 0 Å². The Kier molecular flexibility index (Phi) is 3.64. The van der Waals surface area contributed by atoms with Gasteiger partial charge < -0.3 is 16.8 Å². The molecular formula is C11H19N5O2. The van der Waals surface area contributed by atoms with Crippen LogP contribution in [0.4, 0.5) is 5.69 Å². The summed E-state index contributed by atoms with van der Waals surface area (Å²) >= 11 is 0. The van der Waals surface area contributed by atoms with Crippen molar-refractivity contribution in [3.8, 4) is 0 Å². The van der Waals surface area contributed by atoms with Crippen LogP contribution < -0.4 is 16.8 Å². The minimum absolute atomic E-state index is 0.0511. The first-order valence-corrected chi connectivity index (χ1v) is 5.54. The van der Waals surface area contributed by atoms with Crippen LogP contribution in [0.5, 0.6) is 0 Å². The monoisotopic (exact) mass is 253 g/mol. The van der Waals surface area contributed by atoms with Gasteiger partial charge in [0.05, 0.1) is 11.4 Å². The van der Waals surface area contributed by atoms with Crippen molar-refractivity contribution in [2.24, 2.45) is 12.8 Å². The number of hydrogen-bond acceptors (Lipinski definition) is 4. The standard InChI is InChI=1S/C11H19N5O2/c1-6-8(13)9(16(4)15-6)10(18)14-11(2,3)5-7(12)17/h5,13H2,1-4H3,(H2,12,17)(H,14,18). The molecule has 0 aliphatic carbocycles. The van der Waals surface area contributed by atoms with Crippen molar-refractivity contribution in [1.29, 1.82) is 0 Å². The number of amides is 2. The number of primary amides is 1. The molecule has 7 nitrogen and oxygen atoms in total. The van der Waals surface area contributed by atoms with Crippen molar-refractivity contribution in [1.82, 2.24) is 15.1 Å². The Labute approximate surface area is 106 Å². The average molecular weight is 253 g/mol. The third kappa shape index (κ3) is 2.99. The summed E-state index contributed by atoms with van der Waals surface area (Å²) in [6.45, 7) is 5.16. The fraction of sp³-hybridized carbons (Fsp3) is 0.545. The van der Waals surface area contributed by atoms with E-state index in [1.807, 2.05) is 0 Å². The van der Waals surface area contributed by atoms with Crippen molar-refractivity contribution in [3.05, 3.63) is 11.4 Å². The normalized spacial score (nSPS) is 11.3. The quantitative estimate of drug-likeness (QED) is 0.682. The van der Waals surface area contributed by atoms with Gasteiger partial charge in [0.15, 0.2) is 0 Å². The molecule has 100 valence electrons. The van der Waals surface area contributed by atoms with E-state index in [1.54, 1.807) is 27.8 Å². The van der Waals surface area contributed by atoms with E-state index in [2.05, 4.69) is 10.4 Å². The number of anilines is 1. The second kappa shape index (κ2) is 4.67. The van der Waals surface area contributed by atoms with Gasteiger partial charge in [-0.15, -0.1) is 0 Å². The van der Waals surface area contributed by atoms with Gasteiger partial charge in [0, 0.05) is 19.0 Å². The fourth-order valence-electron chi connectivity index (χ4n) is 1.79. The topological polar surface area (TPSA) is 116 Å². The number of carbonyl (C=O) groups excluding carboxylic acids is 2. The van der Waals surface area contributed by atoms with Crippen molar-refractivity contribution < 1.29 is 9.59 Å². The van der Waals surface area contributed by atoms with Crippen LogP contribution in [0.3, 0.4) is 0 Å². The molecule has 0 saturated carbocycles. The minimum atomic E-state index is -0.729. The van der Waals surface area contributed by atoms with E-state index in [0.29, 0.717) is 11.4 Å². The van der Waals surface area contributed by atoms with Crippen LogP contribution in [0, 0.1) is 6.92 Å². The van der Waals surface area contributed by atoms with Crippen molar-refractivity contribution in [3.63, 3.8) is 0 Å². The van der Waals surface area contributed by atoms with Crippen molar-refractivity contribution in [2.75, 3.05) is 5.73 Å². The molecule has 0 atom stereocenters. The van der Waals surface area contributed by atoms with Crippen LogP contribution in [0.25, 0.3) is 0 Å². The third-order valence-corrected chi connectivity index (χ3v) is 2.55. The highest BCUT2D eigenvalue weighted by atomic mass is 16.2. The largest absolute Gasteiger partial charge is 0.395 e. The Bertz CT molecular complexity index is 490. The molecule has 0 aliphatic heterocycles. The van der Waals surface area contributed by atoms with Gasteiger partial charge in [-0.25, -0.2) is 0 Å². The zero-order valence-corrected chi connectivity index (χ0v) is 11.1. The zero-order valence-electron chi connectivity index (χ0n) is 11.1. The number of aromatic nitrogens is 2. The highest BCUT2D eigenvalue weighted by molar-refractivity contribution is 5.98. The van der Waals surface area contributed by atoms with E-state index >= 15 is 0 Å². The van der Waals surface area contributed by atoms with E-state index in [9.17, 15) is 9.59 Å². The second-order valence-corrected chi connectivity index (χ2v) is 4.95. The number of nitrogens with zero attached hydrogens (tertiary/aromatic N) is 2. The number of hydrogen-bond donors (Lipinski definition) is 3. The smallest absolute Gasteiger partial charge is 0.272 e. The first-order valence-electron chi connectivity index (χ1n) is 5.54. The second-order valence-electron chi connectivity index (χ2n) is 4.95. The first-order chi connectivity index (χ1) is 8.14. The molecule has 0 bridgehead atoms. The number of carbonyl (C=O) groups is 2. The Morgan fingerprint density at radius 1 is 1.44 bits per heavy atom. The Morgan fingerprint density at radius 3 is 2.39 bits per heavy atom. The molecule has 18 heavy (non-hydrogen) atoms. The molecule has 1 rings (SSSR count). The Balaban J connectivity index is 2.92. The fourth-order valence-corrected chi connectivity index (χ4v) is 1.79. The van der Waals surface area contributed by atoms with Crippen LogP contribution in [-0.4, -0.2) is 27.1 Å². The molecule has 1 aromatic heterocycles. The highest BCUT2D eigenvalue weighted by Crippen LogP contribution is 2.17. The molecular weight excluding hydrogens is 234 g/mol. The predicted molar refractivity (Wildman–Crippen MR) is 67.7 cm³/mol. The lowest BCUT2D eigenvalue weighted by Gasteiger charge is -2.24. The molecule has 0 radical (unpaired) electrons. The van der Waals surface area contributed by atoms with Crippen LogP contribution >= 0.6 is 0 Å². The summed E-state index contributed by atoms with van der Waals surface area (Å²) in [6.07, 6.45) is 0.0511. The van der Waals surface area contributed by atoms with Gasteiger partial charge >= 0.3 is 0 Å². The zero-order chi connectivity index (χ0) is 14.1. The maximum atomic E-state index is 12.1. The van der Waals surface area contributed by atoms with Gasteiger partial charge in [-0.1, -0.05) is 0 Å². The number of nitrogens with one attached hydrogen (secondary N) is 1. The lowest BCUT2D eigenvalue weighted by molar-refractivity contribution is -0.119. The maximum Gasteiger partial charge on any atom is 0.272 e. The van der Waals surface area contributed by atoms with Crippen molar-refractivity contribution >= 4 is 17.5 Å². The van der Waals surface area contributed by atoms with Gasteiger partial charge in [-0.2, -0.15) is 5.10 Å². The van der Waals surface area contributed by atoms with E-state index in [-0.39, 0.29) is 18.0 Å². The summed E-state index contributed by atoms with van der Waals surface area (Å²) in [5.74, 6) is -0.851. The van der Waals surface area contributed by atoms with Gasteiger partial charge in [-0.3, -0.25) is 14.3 Å². The number of nitrogen functional groups attached to an aromatic ring is 1. The predicted octanol–water partition coefficient (Wildman–Crippen LogP) is -0.305. The van der Waals surface area contributed by atoms with E-state index in [0.717, 1.165) is 0 Å². The number of rotatable bonds is 4. The summed E-state index contributed by atoms with van der Waals surface area (Å²) < 4.78 is 1.42. The minimum Gasteiger partial charge on any atom is -0.395 e. The number of nitrogens with two attached hydrogens (primary N) is 2. The molecule has 7 heteroatoms. The van der Waals surface area contributed by atoms with Gasteiger partial charge in [-0.05, 0) is 20.8 Å². The first kappa shape index (κ1) is 14.0. The molecule has 0 spiro atoms. The summed E-state index contributed by atoms with van der Waals surface area (Å²) in [5.41, 5.74) is 11.4. The summed E-state index contributed by atoms with van der Waals surface area (Å²) in [4.78, 5) is 23.0. The summed E-state index contributed by atoms with van der Waals surface area (Å²) in [7, 11) is 1.64. The molecule has 1 aromatic rings. The molecule has 5 N–H and O–H groups in total. The Morgan fingerprint density at radius 2 is 2.00 bits per heavy atom. The van der Waals surface area contributed by atoms with Gasteiger partial charge in [0.25, 0.3) is 5.91 Å². The van der Waals surface area contributed by atoms with Gasteiger partial charge in [0.2, 0.25) is 5.91 Å². The molecule has 0 saturated heterocycles. The van der Waals surface area contributed by atoms with Crippen molar-refractivity contribution in [2.45, 2.75) is 32.7 Å².